The second-order valence-electron chi connectivity index (χ2n) is 6.11. The van der Waals surface area contributed by atoms with Gasteiger partial charge in [0.05, 0.1) is 13.7 Å². The van der Waals surface area contributed by atoms with Crippen LogP contribution in [0.2, 0.25) is 0 Å². The van der Waals surface area contributed by atoms with Crippen LogP contribution in [0.15, 0.2) is 23.1 Å². The molecule has 1 amide bonds. The van der Waals surface area contributed by atoms with E-state index in [1.807, 2.05) is 0 Å². The van der Waals surface area contributed by atoms with Crippen LogP contribution in [0.1, 0.15) is 35.4 Å². The molecule has 0 unspecified atom stereocenters. The summed E-state index contributed by atoms with van der Waals surface area (Å²) in [7, 11) is 3.09. The van der Waals surface area contributed by atoms with Crippen LogP contribution in [0.25, 0.3) is 0 Å². The molecular weight excluding hydrogens is 336 g/mol. The number of pyridine rings is 1. The van der Waals surface area contributed by atoms with Crippen LogP contribution in [0.4, 0.5) is 5.95 Å². The Bertz CT molecular complexity index is 845. The highest BCUT2D eigenvalue weighted by atomic mass is 16.5. The number of anilines is 1. The van der Waals surface area contributed by atoms with Gasteiger partial charge in [0.2, 0.25) is 5.95 Å². The average molecular weight is 358 g/mol. The Labute approximate surface area is 151 Å². The summed E-state index contributed by atoms with van der Waals surface area (Å²) in [6.07, 6.45) is 4.99. The van der Waals surface area contributed by atoms with E-state index < -0.39 is 5.91 Å². The summed E-state index contributed by atoms with van der Waals surface area (Å²) in [6, 6.07) is 3.35. The monoisotopic (exact) mass is 358 g/mol. The molecule has 26 heavy (non-hydrogen) atoms. The number of hydrogen-bond donors (Lipinski definition) is 1. The number of nitrogens with zero attached hydrogens (tertiary/aromatic N) is 5. The van der Waals surface area contributed by atoms with E-state index in [4.69, 9.17) is 4.74 Å². The number of piperidine rings is 1. The molecule has 0 spiro atoms. The van der Waals surface area contributed by atoms with E-state index in [1.165, 1.54) is 24.2 Å². The highest BCUT2D eigenvalue weighted by Crippen LogP contribution is 2.17. The summed E-state index contributed by atoms with van der Waals surface area (Å²) in [5.41, 5.74) is -0.278. The van der Waals surface area contributed by atoms with E-state index in [9.17, 15) is 9.59 Å². The molecule has 138 valence electrons. The third kappa shape index (κ3) is 3.98. The molecule has 1 N–H and O–H groups in total. The normalized spacial score (nSPS) is 14.2. The van der Waals surface area contributed by atoms with Crippen molar-refractivity contribution in [3.63, 3.8) is 0 Å². The predicted octanol–water partition coefficient (Wildman–Crippen LogP) is 0.499. The maximum Gasteiger partial charge on any atom is 0.321 e. The molecule has 3 rings (SSSR count). The van der Waals surface area contributed by atoms with Crippen molar-refractivity contribution < 1.29 is 9.53 Å². The van der Waals surface area contributed by atoms with Gasteiger partial charge in [-0.2, -0.15) is 15.0 Å². The van der Waals surface area contributed by atoms with Crippen LogP contribution < -0.4 is 20.5 Å². The number of aromatic nitrogens is 4. The molecule has 1 aliphatic rings. The predicted molar refractivity (Wildman–Crippen MR) is 95.3 cm³/mol. The lowest BCUT2D eigenvalue weighted by Gasteiger charge is -2.26. The van der Waals surface area contributed by atoms with Gasteiger partial charge < -0.3 is 19.5 Å². The Hall–Kier alpha value is -2.97. The van der Waals surface area contributed by atoms with Gasteiger partial charge in [0.15, 0.2) is 5.82 Å². The quantitative estimate of drug-likeness (QED) is 0.830. The molecule has 9 nitrogen and oxygen atoms in total. The number of carbonyl (C=O) groups is 1. The van der Waals surface area contributed by atoms with E-state index in [-0.39, 0.29) is 23.7 Å². The number of amides is 1. The molecule has 1 fully saturated rings. The van der Waals surface area contributed by atoms with Crippen molar-refractivity contribution in [3.8, 4) is 6.01 Å². The summed E-state index contributed by atoms with van der Waals surface area (Å²) in [5, 5.41) is 2.69. The zero-order valence-electron chi connectivity index (χ0n) is 14.9. The molecule has 0 radical (unpaired) electrons. The Balaban J connectivity index is 1.75. The summed E-state index contributed by atoms with van der Waals surface area (Å²) in [5.74, 6) is 0.472. The fourth-order valence-electron chi connectivity index (χ4n) is 2.82. The third-order valence-corrected chi connectivity index (χ3v) is 4.25. The zero-order valence-corrected chi connectivity index (χ0v) is 14.9. The van der Waals surface area contributed by atoms with E-state index in [2.05, 4.69) is 25.2 Å². The van der Waals surface area contributed by atoms with Crippen molar-refractivity contribution in [2.45, 2.75) is 25.8 Å². The van der Waals surface area contributed by atoms with Crippen molar-refractivity contribution in [2.75, 3.05) is 25.1 Å². The molecule has 2 aromatic rings. The molecule has 0 bridgehead atoms. The second-order valence-corrected chi connectivity index (χ2v) is 6.11. The Morgan fingerprint density at radius 1 is 1.23 bits per heavy atom. The van der Waals surface area contributed by atoms with E-state index in [1.54, 1.807) is 19.3 Å². The van der Waals surface area contributed by atoms with Crippen LogP contribution in [0, 0.1) is 0 Å². The van der Waals surface area contributed by atoms with Gasteiger partial charge in [-0.05, 0) is 31.4 Å². The summed E-state index contributed by atoms with van der Waals surface area (Å²) in [6.45, 7) is 1.86. The van der Waals surface area contributed by atoms with Crippen LogP contribution in [0.5, 0.6) is 6.01 Å². The smallest absolute Gasteiger partial charge is 0.321 e. The molecule has 0 saturated carbocycles. The molecule has 0 atom stereocenters. The van der Waals surface area contributed by atoms with Gasteiger partial charge in [-0.1, -0.05) is 0 Å². The highest BCUT2D eigenvalue weighted by Gasteiger charge is 2.17. The number of hydrogen-bond acceptors (Lipinski definition) is 7. The second kappa shape index (κ2) is 7.94. The Morgan fingerprint density at radius 2 is 2.00 bits per heavy atom. The standard InChI is InChI=1S/C17H22N6O3/c1-22-8-6-7-12(15(22)25)14(24)18-11-13-19-16(21-17(20-13)26-2)23-9-4-3-5-10-23/h6-8H,3-5,9-11H2,1-2H3,(H,18,24). The molecule has 3 heterocycles. The third-order valence-electron chi connectivity index (χ3n) is 4.25. The highest BCUT2D eigenvalue weighted by molar-refractivity contribution is 5.93. The topological polar surface area (TPSA) is 102 Å². The average Bonchev–Trinajstić information content (AvgIpc) is 2.68. The van der Waals surface area contributed by atoms with Gasteiger partial charge in [-0.3, -0.25) is 9.59 Å². The summed E-state index contributed by atoms with van der Waals surface area (Å²) >= 11 is 0. The lowest BCUT2D eigenvalue weighted by atomic mass is 10.1. The van der Waals surface area contributed by atoms with Gasteiger partial charge in [-0.25, -0.2) is 0 Å². The maximum atomic E-state index is 12.3. The SMILES string of the molecule is COc1nc(CNC(=O)c2cccn(C)c2=O)nc(N2CCCCC2)n1. The Morgan fingerprint density at radius 3 is 2.73 bits per heavy atom. The number of ether oxygens (including phenoxy) is 1. The van der Waals surface area contributed by atoms with Crippen LogP contribution in [-0.4, -0.2) is 45.6 Å². The lowest BCUT2D eigenvalue weighted by molar-refractivity contribution is 0.0947. The van der Waals surface area contributed by atoms with E-state index >= 15 is 0 Å². The number of nitrogens with one attached hydrogen (secondary N) is 1. The minimum absolute atomic E-state index is 0.0762. The number of carbonyl (C=O) groups excluding carboxylic acids is 1. The van der Waals surface area contributed by atoms with Gasteiger partial charge in [0, 0.05) is 26.3 Å². The Kier molecular flexibility index (Phi) is 5.45. The van der Waals surface area contributed by atoms with Crippen molar-refractivity contribution in [3.05, 3.63) is 40.1 Å². The molecule has 9 heteroatoms. The van der Waals surface area contributed by atoms with Gasteiger partial charge in [0.25, 0.3) is 11.5 Å². The first-order valence-corrected chi connectivity index (χ1v) is 8.56. The van der Waals surface area contributed by atoms with Crippen molar-refractivity contribution in [1.29, 1.82) is 0 Å². The van der Waals surface area contributed by atoms with Gasteiger partial charge >= 0.3 is 6.01 Å². The first-order valence-electron chi connectivity index (χ1n) is 8.56. The largest absolute Gasteiger partial charge is 0.467 e. The van der Waals surface area contributed by atoms with Crippen molar-refractivity contribution in [1.82, 2.24) is 24.8 Å². The first-order chi connectivity index (χ1) is 12.6. The fourth-order valence-corrected chi connectivity index (χ4v) is 2.82. The molecule has 1 aliphatic heterocycles. The molecule has 0 aliphatic carbocycles. The minimum atomic E-state index is -0.467. The van der Waals surface area contributed by atoms with Crippen LogP contribution in [0.3, 0.4) is 0 Å². The van der Waals surface area contributed by atoms with Gasteiger partial charge in [-0.15, -0.1) is 0 Å². The van der Waals surface area contributed by atoms with Gasteiger partial charge in [0.1, 0.15) is 5.56 Å². The van der Waals surface area contributed by atoms with E-state index in [0.717, 1.165) is 25.9 Å². The number of rotatable bonds is 5. The maximum absolute atomic E-state index is 12.3. The summed E-state index contributed by atoms with van der Waals surface area (Å²) in [4.78, 5) is 39.3. The first kappa shape index (κ1) is 17.8. The van der Waals surface area contributed by atoms with Crippen LogP contribution >= 0.6 is 0 Å². The van der Waals surface area contributed by atoms with Crippen LogP contribution in [-0.2, 0) is 13.6 Å². The zero-order chi connectivity index (χ0) is 18.5. The number of aryl methyl sites for hydroxylation is 1. The van der Waals surface area contributed by atoms with Crippen molar-refractivity contribution >= 4 is 11.9 Å². The summed E-state index contributed by atoms with van der Waals surface area (Å²) < 4.78 is 6.51. The molecular formula is C17H22N6O3. The number of methoxy groups -OCH3 is 1. The fraction of sp³-hybridized carbons (Fsp3) is 0.471. The molecule has 2 aromatic heterocycles. The molecule has 0 aromatic carbocycles. The lowest BCUT2D eigenvalue weighted by Crippen LogP contribution is -2.33. The van der Waals surface area contributed by atoms with Crippen molar-refractivity contribution in [2.24, 2.45) is 7.05 Å². The van der Waals surface area contributed by atoms with E-state index in [0.29, 0.717) is 11.8 Å². The molecule has 1 saturated heterocycles. The minimum Gasteiger partial charge on any atom is -0.467 e.